The molecule has 1 aromatic heterocycles. The summed E-state index contributed by atoms with van der Waals surface area (Å²) in [6, 6.07) is 9.10. The lowest BCUT2D eigenvalue weighted by Crippen LogP contribution is -2.36. The van der Waals surface area contributed by atoms with E-state index in [-0.39, 0.29) is 12.2 Å². The number of nitrogens with zero attached hydrogens (tertiary/aromatic N) is 3. The molecule has 1 heterocycles. The summed E-state index contributed by atoms with van der Waals surface area (Å²) in [6.45, 7) is 8.70. The van der Waals surface area contributed by atoms with E-state index in [1.807, 2.05) is 0 Å². The molecule has 0 N–H and O–H groups in total. The Morgan fingerprint density at radius 2 is 1.85 bits per heavy atom. The van der Waals surface area contributed by atoms with Gasteiger partial charge in [0.25, 0.3) is 0 Å². The van der Waals surface area contributed by atoms with Crippen LogP contribution < -0.4 is 0 Å². The average Bonchev–Trinajstić information content (AvgIpc) is 3.05. The summed E-state index contributed by atoms with van der Waals surface area (Å²) in [5.41, 5.74) is 5.11. The normalized spacial score (nSPS) is 25.4. The van der Waals surface area contributed by atoms with Gasteiger partial charge in [0, 0.05) is 17.5 Å². The van der Waals surface area contributed by atoms with E-state index in [4.69, 9.17) is 9.84 Å². The largest absolute Gasteiger partial charge is 0.375 e. The maximum atomic E-state index is 6.47. The molecule has 4 heteroatoms. The molecule has 2 aromatic rings. The van der Waals surface area contributed by atoms with Crippen molar-refractivity contribution in [3.63, 3.8) is 0 Å². The Kier molecular flexibility index (Phi) is 4.87. The minimum Gasteiger partial charge on any atom is -0.375 e. The summed E-state index contributed by atoms with van der Waals surface area (Å²) in [6.07, 6.45) is 6.52. The lowest BCUT2D eigenvalue weighted by molar-refractivity contribution is -0.0415. The van der Waals surface area contributed by atoms with Crippen molar-refractivity contribution in [3.8, 4) is 11.3 Å². The molecule has 4 nitrogen and oxygen atoms in total. The van der Waals surface area contributed by atoms with Crippen molar-refractivity contribution < 1.29 is 4.74 Å². The molecule has 2 aliphatic carbocycles. The van der Waals surface area contributed by atoms with Gasteiger partial charge in [0.15, 0.2) is 0 Å². The highest BCUT2D eigenvalue weighted by atomic mass is 16.5. The van der Waals surface area contributed by atoms with Crippen molar-refractivity contribution in [2.24, 2.45) is 5.92 Å². The zero-order valence-corrected chi connectivity index (χ0v) is 16.5. The van der Waals surface area contributed by atoms with E-state index in [2.05, 4.69) is 61.9 Å². The van der Waals surface area contributed by atoms with Gasteiger partial charge in [-0.05, 0) is 58.4 Å². The van der Waals surface area contributed by atoms with Crippen LogP contribution in [0.15, 0.2) is 24.3 Å². The smallest absolute Gasteiger partial charge is 0.0941 e. The van der Waals surface area contributed by atoms with Crippen LogP contribution in [0.4, 0.5) is 0 Å². The van der Waals surface area contributed by atoms with Gasteiger partial charge in [0.1, 0.15) is 0 Å². The van der Waals surface area contributed by atoms with Crippen LogP contribution >= 0.6 is 0 Å². The molecule has 1 saturated carbocycles. The molecule has 0 aliphatic heterocycles. The second-order valence-electron chi connectivity index (χ2n) is 8.50. The van der Waals surface area contributed by atoms with E-state index in [1.165, 1.54) is 48.2 Å². The minimum absolute atomic E-state index is 0.250. The summed E-state index contributed by atoms with van der Waals surface area (Å²) >= 11 is 0. The van der Waals surface area contributed by atoms with Crippen LogP contribution in [0.5, 0.6) is 0 Å². The highest BCUT2D eigenvalue weighted by Gasteiger charge is 2.40. The summed E-state index contributed by atoms with van der Waals surface area (Å²) in [5, 5.41) is 9.32. The topological polar surface area (TPSA) is 39.9 Å². The summed E-state index contributed by atoms with van der Waals surface area (Å²) < 4.78 is 8.60. The number of hydrogen-bond donors (Lipinski definition) is 0. The second-order valence-corrected chi connectivity index (χ2v) is 8.50. The number of fused-ring (bicyclic) bond motifs is 5. The fourth-order valence-corrected chi connectivity index (χ4v) is 4.92. The quantitative estimate of drug-likeness (QED) is 0.766. The van der Waals surface area contributed by atoms with Gasteiger partial charge < -0.3 is 4.74 Å². The first-order valence-electron chi connectivity index (χ1n) is 10.2. The monoisotopic (exact) mass is 353 g/mol. The molecule has 0 saturated heterocycles. The fourth-order valence-electron chi connectivity index (χ4n) is 4.92. The van der Waals surface area contributed by atoms with Gasteiger partial charge in [0.2, 0.25) is 0 Å². The first kappa shape index (κ1) is 17.7. The Hall–Kier alpha value is -1.68. The van der Waals surface area contributed by atoms with Crippen molar-refractivity contribution in [2.75, 3.05) is 0 Å². The van der Waals surface area contributed by atoms with Crippen molar-refractivity contribution in [1.29, 1.82) is 0 Å². The zero-order chi connectivity index (χ0) is 18.3. The van der Waals surface area contributed by atoms with Gasteiger partial charge in [-0.2, -0.15) is 0 Å². The first-order chi connectivity index (χ1) is 12.6. The van der Waals surface area contributed by atoms with Crippen LogP contribution in [0.25, 0.3) is 11.3 Å². The van der Waals surface area contributed by atoms with Gasteiger partial charge >= 0.3 is 0 Å². The third-order valence-corrected chi connectivity index (χ3v) is 6.00. The molecule has 1 fully saturated rings. The fraction of sp³-hybridized carbons (Fsp3) is 0.636. The number of benzene rings is 1. The summed E-state index contributed by atoms with van der Waals surface area (Å²) in [7, 11) is 0. The molecule has 2 unspecified atom stereocenters. The maximum Gasteiger partial charge on any atom is 0.0941 e. The Morgan fingerprint density at radius 1 is 1.08 bits per heavy atom. The Balaban J connectivity index is 1.90. The molecular weight excluding hydrogens is 322 g/mol. The Bertz CT molecular complexity index is 764. The van der Waals surface area contributed by atoms with Gasteiger partial charge in [0.05, 0.1) is 23.6 Å². The van der Waals surface area contributed by atoms with Gasteiger partial charge in [-0.15, -0.1) is 5.10 Å². The molecule has 4 rings (SSSR count). The second kappa shape index (κ2) is 7.15. The molecule has 0 spiro atoms. The van der Waals surface area contributed by atoms with E-state index >= 15 is 0 Å². The molecule has 26 heavy (non-hydrogen) atoms. The molecule has 2 aliphatic rings. The molecule has 140 valence electrons. The number of rotatable bonds is 3. The summed E-state index contributed by atoms with van der Waals surface area (Å²) in [4.78, 5) is 0. The van der Waals surface area contributed by atoms with Crippen LogP contribution in [0.2, 0.25) is 0 Å². The van der Waals surface area contributed by atoms with Crippen molar-refractivity contribution in [3.05, 3.63) is 35.5 Å². The van der Waals surface area contributed by atoms with Crippen LogP contribution in [-0.4, -0.2) is 27.2 Å². The van der Waals surface area contributed by atoms with Gasteiger partial charge in [-0.25, -0.2) is 4.68 Å². The SMILES string of the molecule is CC(C)OC1Cc2ccccc2-c2c(nnn2C(C)C)[C@@H]2CCCCC12. The van der Waals surface area contributed by atoms with Crippen LogP contribution in [0.3, 0.4) is 0 Å². The molecular formula is C22H31N3O. The molecule has 1 aromatic carbocycles. The highest BCUT2D eigenvalue weighted by Crippen LogP contribution is 2.46. The van der Waals surface area contributed by atoms with Crippen molar-refractivity contribution in [1.82, 2.24) is 15.0 Å². The van der Waals surface area contributed by atoms with Crippen molar-refractivity contribution in [2.45, 2.75) is 84.0 Å². The van der Waals surface area contributed by atoms with Crippen LogP contribution in [-0.2, 0) is 11.2 Å². The third-order valence-electron chi connectivity index (χ3n) is 6.00. The van der Waals surface area contributed by atoms with E-state index in [9.17, 15) is 0 Å². The number of aromatic nitrogens is 3. The predicted octanol–water partition coefficient (Wildman–Crippen LogP) is 5.15. The van der Waals surface area contributed by atoms with E-state index in [1.54, 1.807) is 0 Å². The average molecular weight is 354 g/mol. The Labute approximate surface area is 156 Å². The van der Waals surface area contributed by atoms with E-state index in [0.717, 1.165) is 6.42 Å². The number of hydrogen-bond acceptors (Lipinski definition) is 3. The van der Waals surface area contributed by atoms with Gasteiger partial charge in [-0.1, -0.05) is 42.3 Å². The van der Waals surface area contributed by atoms with Gasteiger partial charge in [-0.3, -0.25) is 0 Å². The lowest BCUT2D eigenvalue weighted by Gasteiger charge is -2.39. The molecule has 3 atom stereocenters. The van der Waals surface area contributed by atoms with Crippen molar-refractivity contribution >= 4 is 0 Å². The van der Waals surface area contributed by atoms with E-state index in [0.29, 0.717) is 17.9 Å². The van der Waals surface area contributed by atoms with Crippen LogP contribution in [0.1, 0.15) is 76.6 Å². The highest BCUT2D eigenvalue weighted by molar-refractivity contribution is 5.67. The molecule has 0 bridgehead atoms. The lowest BCUT2D eigenvalue weighted by atomic mass is 9.70. The minimum atomic E-state index is 0.250. The van der Waals surface area contributed by atoms with E-state index < -0.39 is 0 Å². The molecule has 0 radical (unpaired) electrons. The molecule has 0 amide bonds. The maximum absolute atomic E-state index is 6.47. The zero-order valence-electron chi connectivity index (χ0n) is 16.5. The Morgan fingerprint density at radius 3 is 2.62 bits per heavy atom. The number of ether oxygens (including phenoxy) is 1. The third kappa shape index (κ3) is 3.09. The standard InChI is InChI=1S/C22H31N3O/c1-14(2)25-22-17-10-6-5-9-16(17)13-20(26-15(3)4)18-11-7-8-12-19(18)21(22)23-24-25/h5-6,9-10,14-15,18-20H,7-8,11-13H2,1-4H3/t18?,19-,20?/m1/s1. The summed E-state index contributed by atoms with van der Waals surface area (Å²) in [5.74, 6) is 0.999. The predicted molar refractivity (Wildman–Crippen MR) is 104 cm³/mol. The van der Waals surface area contributed by atoms with Crippen LogP contribution in [0, 0.1) is 5.92 Å². The first-order valence-corrected chi connectivity index (χ1v) is 10.2.